The molecule has 1 aliphatic carbocycles. The minimum atomic E-state index is -0.505. The van der Waals surface area contributed by atoms with E-state index >= 15 is 0 Å². The maximum atomic E-state index is 13.1. The first-order chi connectivity index (χ1) is 15.0. The Bertz CT molecular complexity index is 933. The number of rotatable bonds is 5. The maximum absolute atomic E-state index is 13.1. The van der Waals surface area contributed by atoms with Gasteiger partial charge < -0.3 is 10.2 Å². The second kappa shape index (κ2) is 9.22. The predicted octanol–water partition coefficient (Wildman–Crippen LogP) is 2.75. The summed E-state index contributed by atoms with van der Waals surface area (Å²) in [4.78, 5) is 30.0. The molecule has 2 heterocycles. The Labute approximate surface area is 184 Å². The molecule has 0 radical (unpaired) electrons. The number of nitrogens with zero attached hydrogens (tertiary/aromatic N) is 4. The van der Waals surface area contributed by atoms with E-state index in [9.17, 15) is 9.59 Å². The molecule has 2 aromatic rings. The molecule has 1 aromatic carbocycles. The van der Waals surface area contributed by atoms with Crippen LogP contribution in [-0.4, -0.2) is 64.1 Å². The molecule has 31 heavy (non-hydrogen) atoms. The Hall–Kier alpha value is -2.67. The fraction of sp³-hybridized carbons (Fsp3) is 0.542. The van der Waals surface area contributed by atoms with E-state index in [-0.39, 0.29) is 18.4 Å². The van der Waals surface area contributed by atoms with Crippen molar-refractivity contribution in [3.8, 4) is 5.69 Å². The van der Waals surface area contributed by atoms with Crippen molar-refractivity contribution in [2.45, 2.75) is 58.0 Å². The molecule has 1 aliphatic heterocycles. The average Bonchev–Trinajstić information content (AvgIpc) is 3.08. The summed E-state index contributed by atoms with van der Waals surface area (Å²) in [5.74, 6) is 0.0375. The van der Waals surface area contributed by atoms with Crippen LogP contribution < -0.4 is 5.32 Å². The number of hydrogen-bond donors (Lipinski definition) is 1. The zero-order valence-electron chi connectivity index (χ0n) is 18.8. The van der Waals surface area contributed by atoms with E-state index in [0.29, 0.717) is 19.1 Å². The van der Waals surface area contributed by atoms with Crippen molar-refractivity contribution in [1.29, 1.82) is 0 Å². The Morgan fingerprint density at radius 2 is 1.87 bits per heavy atom. The predicted molar refractivity (Wildman–Crippen MR) is 120 cm³/mol. The molecule has 7 heteroatoms. The first-order valence-corrected chi connectivity index (χ1v) is 11.4. The van der Waals surface area contributed by atoms with Crippen molar-refractivity contribution >= 4 is 11.8 Å². The van der Waals surface area contributed by atoms with Crippen molar-refractivity contribution < 1.29 is 9.59 Å². The zero-order valence-corrected chi connectivity index (χ0v) is 18.8. The van der Waals surface area contributed by atoms with Crippen molar-refractivity contribution in [2.75, 3.05) is 26.7 Å². The third-order valence-corrected chi connectivity index (χ3v) is 6.79. The molecule has 2 aliphatic rings. The van der Waals surface area contributed by atoms with Crippen molar-refractivity contribution in [3.05, 3.63) is 47.3 Å². The Morgan fingerprint density at radius 1 is 1.16 bits per heavy atom. The van der Waals surface area contributed by atoms with Gasteiger partial charge >= 0.3 is 0 Å². The van der Waals surface area contributed by atoms with Crippen LogP contribution in [0.2, 0.25) is 0 Å². The molecule has 1 saturated heterocycles. The van der Waals surface area contributed by atoms with Crippen LogP contribution in [0.5, 0.6) is 0 Å². The first kappa shape index (κ1) is 21.6. The Morgan fingerprint density at radius 3 is 2.58 bits per heavy atom. The fourth-order valence-corrected chi connectivity index (χ4v) is 5.03. The van der Waals surface area contributed by atoms with Crippen molar-refractivity contribution in [1.82, 2.24) is 24.9 Å². The number of nitrogens with one attached hydrogen (secondary N) is 1. The highest BCUT2D eigenvalue weighted by Gasteiger charge is 2.37. The van der Waals surface area contributed by atoms with Gasteiger partial charge in [0.25, 0.3) is 0 Å². The number of carbonyl (C=O) groups excluding carboxylic acids is 2. The molecule has 1 saturated carbocycles. The smallest absolute Gasteiger partial charge is 0.242 e. The highest BCUT2D eigenvalue weighted by Crippen LogP contribution is 2.30. The molecule has 1 N–H and O–H groups in total. The quantitative estimate of drug-likeness (QED) is 0.803. The van der Waals surface area contributed by atoms with Gasteiger partial charge in [0.15, 0.2) is 0 Å². The highest BCUT2D eigenvalue weighted by molar-refractivity contribution is 5.86. The molecule has 1 aromatic heterocycles. The number of hydrogen-bond acceptors (Lipinski definition) is 4. The maximum Gasteiger partial charge on any atom is 0.242 e. The molecule has 7 nitrogen and oxygen atoms in total. The number of carbonyl (C=O) groups is 2. The number of aromatic nitrogens is 2. The Balaban J connectivity index is 1.59. The standard InChI is InChI=1S/C24H33N5O2/c1-17-22(18(2)29(26-17)20-12-8-5-9-13-20)23-24(31)25-14-15-28(23)16-21(30)27(3)19-10-6-4-7-11-19/h5,8-9,12-13,19,23H,4,6-7,10-11,14-16H2,1-3H3,(H,25,31)/t23-/m1/s1. The largest absolute Gasteiger partial charge is 0.353 e. The molecule has 1 atom stereocenters. The third kappa shape index (κ3) is 4.37. The second-order valence-corrected chi connectivity index (χ2v) is 8.79. The normalized spacial score (nSPS) is 20.5. The Kier molecular flexibility index (Phi) is 6.41. The zero-order chi connectivity index (χ0) is 22.0. The van der Waals surface area contributed by atoms with Crippen LogP contribution in [-0.2, 0) is 9.59 Å². The van der Waals surface area contributed by atoms with Gasteiger partial charge in [-0.2, -0.15) is 5.10 Å². The SMILES string of the molecule is Cc1nn(-c2ccccc2)c(C)c1[C@@H]1C(=O)NCCN1CC(=O)N(C)C1CCCCC1. The van der Waals surface area contributed by atoms with E-state index in [1.54, 1.807) is 0 Å². The summed E-state index contributed by atoms with van der Waals surface area (Å²) >= 11 is 0. The summed E-state index contributed by atoms with van der Waals surface area (Å²) < 4.78 is 1.89. The molecule has 0 unspecified atom stereocenters. The number of amides is 2. The van der Waals surface area contributed by atoms with Crippen LogP contribution >= 0.6 is 0 Å². The van der Waals surface area contributed by atoms with Gasteiger partial charge in [-0.05, 0) is 38.8 Å². The second-order valence-electron chi connectivity index (χ2n) is 8.79. The summed E-state index contributed by atoms with van der Waals surface area (Å²) in [6.45, 7) is 5.40. The lowest BCUT2D eigenvalue weighted by molar-refractivity contribution is -0.137. The topological polar surface area (TPSA) is 70.5 Å². The summed E-state index contributed by atoms with van der Waals surface area (Å²) in [7, 11) is 1.92. The van der Waals surface area contributed by atoms with E-state index in [4.69, 9.17) is 5.10 Å². The average molecular weight is 424 g/mol. The number of likely N-dealkylation sites (N-methyl/N-ethyl adjacent to an activating group) is 1. The van der Waals surface area contributed by atoms with Crippen LogP contribution in [0.4, 0.5) is 0 Å². The minimum absolute atomic E-state index is 0.0572. The molecule has 0 bridgehead atoms. The molecule has 4 rings (SSSR count). The minimum Gasteiger partial charge on any atom is -0.353 e. The lowest BCUT2D eigenvalue weighted by Crippen LogP contribution is -2.53. The van der Waals surface area contributed by atoms with Crippen molar-refractivity contribution in [2.24, 2.45) is 0 Å². The summed E-state index contributed by atoms with van der Waals surface area (Å²) in [6, 6.07) is 9.75. The van der Waals surface area contributed by atoms with Gasteiger partial charge in [-0.15, -0.1) is 0 Å². The van der Waals surface area contributed by atoms with Crippen LogP contribution in [0, 0.1) is 13.8 Å². The number of benzene rings is 1. The van der Waals surface area contributed by atoms with Crippen molar-refractivity contribution in [3.63, 3.8) is 0 Å². The van der Waals surface area contributed by atoms with Gasteiger partial charge in [-0.25, -0.2) is 4.68 Å². The van der Waals surface area contributed by atoms with E-state index in [1.807, 2.05) is 65.7 Å². The fourth-order valence-electron chi connectivity index (χ4n) is 5.03. The molecule has 0 spiro atoms. The third-order valence-electron chi connectivity index (χ3n) is 6.79. The van der Waals surface area contributed by atoms with Crippen LogP contribution in [0.1, 0.15) is 55.1 Å². The highest BCUT2D eigenvalue weighted by atomic mass is 16.2. The summed E-state index contributed by atoms with van der Waals surface area (Å²) in [6.07, 6.45) is 5.79. The monoisotopic (exact) mass is 423 g/mol. The van der Waals surface area contributed by atoms with Gasteiger partial charge in [0.2, 0.25) is 11.8 Å². The molecule has 2 amide bonds. The van der Waals surface area contributed by atoms with Crippen LogP contribution in [0.15, 0.2) is 30.3 Å². The van der Waals surface area contributed by atoms with E-state index in [2.05, 4.69) is 5.32 Å². The molecule has 2 fully saturated rings. The number of para-hydroxylation sites is 1. The van der Waals surface area contributed by atoms with Gasteiger partial charge in [-0.1, -0.05) is 37.5 Å². The number of aryl methyl sites for hydroxylation is 1. The summed E-state index contributed by atoms with van der Waals surface area (Å²) in [5, 5.41) is 7.71. The van der Waals surface area contributed by atoms with Gasteiger partial charge in [-0.3, -0.25) is 14.5 Å². The van der Waals surface area contributed by atoms with E-state index in [1.165, 1.54) is 19.3 Å². The lowest BCUT2D eigenvalue weighted by Gasteiger charge is -2.37. The first-order valence-electron chi connectivity index (χ1n) is 11.4. The number of piperazine rings is 1. The van der Waals surface area contributed by atoms with Gasteiger partial charge in [0, 0.05) is 37.4 Å². The van der Waals surface area contributed by atoms with E-state index in [0.717, 1.165) is 35.5 Å². The molecular formula is C24H33N5O2. The molecule has 166 valence electrons. The van der Waals surface area contributed by atoms with Gasteiger partial charge in [0.1, 0.15) is 6.04 Å². The van der Waals surface area contributed by atoms with Gasteiger partial charge in [0.05, 0.1) is 17.9 Å². The van der Waals surface area contributed by atoms with Crippen LogP contribution in [0.25, 0.3) is 5.69 Å². The lowest BCUT2D eigenvalue weighted by atomic mass is 9.94. The van der Waals surface area contributed by atoms with Crippen LogP contribution in [0.3, 0.4) is 0 Å². The van der Waals surface area contributed by atoms with E-state index < -0.39 is 6.04 Å². The summed E-state index contributed by atoms with van der Waals surface area (Å²) in [5.41, 5.74) is 3.62. The molecular weight excluding hydrogens is 390 g/mol.